The van der Waals surface area contributed by atoms with Crippen molar-refractivity contribution in [3.8, 4) is 0 Å². The number of benzene rings is 1. The number of thiophene rings is 1. The zero-order chi connectivity index (χ0) is 23.8. The lowest BCUT2D eigenvalue weighted by atomic mass is 9.72. The molecule has 9 heteroatoms. The molecule has 1 aliphatic carbocycles. The standard InChI is InChI=1S/C24H28N4O4S/c1-24(2,3)16-8-9-18-15(10-16)11-19(33-18)22(31)27-26-21(30)17-7-5-4-6-14(17)13-28-20(29)12-25-23(28)32/h4-7,11,16H,8-10,12-13H2,1-3H3,(H,25,32)(H,26,30)(H,27,31). The first-order chi connectivity index (χ1) is 15.6. The van der Waals surface area contributed by atoms with Gasteiger partial charge in [-0.05, 0) is 53.9 Å². The van der Waals surface area contributed by atoms with Gasteiger partial charge in [-0.15, -0.1) is 11.3 Å². The molecule has 33 heavy (non-hydrogen) atoms. The lowest BCUT2D eigenvalue weighted by Gasteiger charge is -2.33. The van der Waals surface area contributed by atoms with Crippen molar-refractivity contribution in [1.82, 2.24) is 21.1 Å². The van der Waals surface area contributed by atoms with Gasteiger partial charge in [-0.25, -0.2) is 4.79 Å². The summed E-state index contributed by atoms with van der Waals surface area (Å²) in [5.74, 6) is -0.642. The molecule has 0 bridgehead atoms. The molecular formula is C24H28N4O4S. The molecule has 1 aliphatic heterocycles. The molecule has 3 N–H and O–H groups in total. The first-order valence-corrected chi connectivity index (χ1v) is 11.8. The molecule has 8 nitrogen and oxygen atoms in total. The average Bonchev–Trinajstić information content (AvgIpc) is 3.35. The van der Waals surface area contributed by atoms with Gasteiger partial charge in [0.1, 0.15) is 0 Å². The Bertz CT molecular complexity index is 1100. The summed E-state index contributed by atoms with van der Waals surface area (Å²) in [5.41, 5.74) is 7.20. The van der Waals surface area contributed by atoms with E-state index in [4.69, 9.17) is 0 Å². The van der Waals surface area contributed by atoms with Gasteiger partial charge in [-0.1, -0.05) is 39.0 Å². The summed E-state index contributed by atoms with van der Waals surface area (Å²) in [4.78, 5) is 52.1. The molecule has 1 atom stereocenters. The summed E-state index contributed by atoms with van der Waals surface area (Å²) in [6, 6.07) is 8.12. The maximum atomic E-state index is 12.8. The predicted octanol–water partition coefficient (Wildman–Crippen LogP) is 3.03. The number of carbonyl (C=O) groups excluding carboxylic acids is 4. The third kappa shape index (κ3) is 4.93. The van der Waals surface area contributed by atoms with E-state index in [2.05, 4.69) is 36.9 Å². The molecule has 1 unspecified atom stereocenters. The van der Waals surface area contributed by atoms with Crippen LogP contribution in [0.2, 0.25) is 0 Å². The number of carbonyl (C=O) groups is 4. The van der Waals surface area contributed by atoms with Crippen LogP contribution in [0.3, 0.4) is 0 Å². The fourth-order valence-corrected chi connectivity index (χ4v) is 5.39. The van der Waals surface area contributed by atoms with Crippen molar-refractivity contribution >= 4 is 35.1 Å². The minimum Gasteiger partial charge on any atom is -0.329 e. The fraction of sp³-hybridized carbons (Fsp3) is 0.417. The Hall–Kier alpha value is -3.20. The molecule has 5 amide bonds. The molecule has 174 valence electrons. The molecule has 0 saturated carbocycles. The molecule has 4 rings (SSSR count). The van der Waals surface area contributed by atoms with Gasteiger partial charge >= 0.3 is 6.03 Å². The van der Waals surface area contributed by atoms with Gasteiger partial charge in [-0.3, -0.25) is 30.1 Å². The van der Waals surface area contributed by atoms with Crippen LogP contribution in [0.25, 0.3) is 0 Å². The summed E-state index contributed by atoms with van der Waals surface area (Å²) in [6.45, 7) is 6.69. The number of hydrogen-bond acceptors (Lipinski definition) is 5. The lowest BCUT2D eigenvalue weighted by molar-refractivity contribution is -0.125. The minimum absolute atomic E-state index is 0.0191. The van der Waals surface area contributed by atoms with Gasteiger partial charge < -0.3 is 5.32 Å². The average molecular weight is 469 g/mol. The Balaban J connectivity index is 1.40. The molecule has 0 spiro atoms. The number of rotatable bonds is 4. The zero-order valence-corrected chi connectivity index (χ0v) is 19.8. The summed E-state index contributed by atoms with van der Waals surface area (Å²) >= 11 is 1.48. The quantitative estimate of drug-likeness (QED) is 0.474. The Morgan fingerprint density at radius 2 is 1.88 bits per heavy atom. The van der Waals surface area contributed by atoms with Gasteiger partial charge in [0.2, 0.25) is 5.91 Å². The number of imide groups is 1. The first kappa shape index (κ1) is 23.0. The van der Waals surface area contributed by atoms with E-state index in [1.807, 2.05) is 6.07 Å². The summed E-state index contributed by atoms with van der Waals surface area (Å²) in [5, 5.41) is 2.46. The second kappa shape index (κ2) is 8.97. The summed E-state index contributed by atoms with van der Waals surface area (Å²) in [7, 11) is 0. The van der Waals surface area contributed by atoms with Crippen LogP contribution >= 0.6 is 11.3 Å². The van der Waals surface area contributed by atoms with Crippen LogP contribution in [-0.4, -0.2) is 35.2 Å². The van der Waals surface area contributed by atoms with E-state index in [1.54, 1.807) is 24.3 Å². The third-order valence-electron chi connectivity index (χ3n) is 6.35. The largest absolute Gasteiger partial charge is 0.329 e. The SMILES string of the molecule is CC(C)(C)C1CCc2sc(C(=O)NNC(=O)c3ccccc3CN3C(=O)CNC3=O)cc2C1. The van der Waals surface area contributed by atoms with Gasteiger partial charge in [0, 0.05) is 10.4 Å². The van der Waals surface area contributed by atoms with E-state index in [1.165, 1.54) is 21.8 Å². The topological polar surface area (TPSA) is 108 Å². The third-order valence-corrected chi connectivity index (χ3v) is 7.58. The lowest BCUT2D eigenvalue weighted by Crippen LogP contribution is -2.42. The molecular weight excluding hydrogens is 440 g/mol. The highest BCUT2D eigenvalue weighted by atomic mass is 32.1. The number of amides is 5. The van der Waals surface area contributed by atoms with Crippen molar-refractivity contribution in [2.45, 2.75) is 46.6 Å². The molecule has 1 saturated heterocycles. The monoisotopic (exact) mass is 468 g/mol. The number of hydrogen-bond donors (Lipinski definition) is 3. The van der Waals surface area contributed by atoms with Gasteiger partial charge in [-0.2, -0.15) is 0 Å². The van der Waals surface area contributed by atoms with Crippen molar-refractivity contribution in [2.24, 2.45) is 11.3 Å². The van der Waals surface area contributed by atoms with Crippen LogP contribution in [-0.2, 0) is 24.2 Å². The highest BCUT2D eigenvalue weighted by Crippen LogP contribution is 2.40. The second-order valence-electron chi connectivity index (χ2n) is 9.57. The first-order valence-electron chi connectivity index (χ1n) is 11.0. The number of nitrogens with one attached hydrogen (secondary N) is 3. The normalized spacial score (nSPS) is 18.0. The number of urea groups is 1. The number of nitrogens with zero attached hydrogens (tertiary/aromatic N) is 1. The highest BCUT2D eigenvalue weighted by Gasteiger charge is 2.31. The van der Waals surface area contributed by atoms with E-state index in [0.717, 1.165) is 24.2 Å². The van der Waals surface area contributed by atoms with Crippen LogP contribution in [0.15, 0.2) is 30.3 Å². The van der Waals surface area contributed by atoms with E-state index >= 15 is 0 Å². The molecule has 2 aromatic rings. The fourth-order valence-electron chi connectivity index (χ4n) is 4.28. The predicted molar refractivity (Wildman–Crippen MR) is 125 cm³/mol. The maximum Gasteiger partial charge on any atom is 0.324 e. The number of fused-ring (bicyclic) bond motifs is 1. The smallest absolute Gasteiger partial charge is 0.324 e. The Labute approximate surface area is 196 Å². The summed E-state index contributed by atoms with van der Waals surface area (Å²) in [6.07, 6.45) is 3.05. The molecule has 0 radical (unpaired) electrons. The molecule has 2 heterocycles. The molecule has 1 aromatic heterocycles. The van der Waals surface area contributed by atoms with Crippen molar-refractivity contribution in [3.63, 3.8) is 0 Å². The van der Waals surface area contributed by atoms with Crippen molar-refractivity contribution < 1.29 is 19.2 Å². The Kier molecular flexibility index (Phi) is 6.25. The van der Waals surface area contributed by atoms with Crippen LogP contribution in [0.5, 0.6) is 0 Å². The van der Waals surface area contributed by atoms with Crippen molar-refractivity contribution in [3.05, 3.63) is 56.8 Å². The van der Waals surface area contributed by atoms with E-state index in [-0.39, 0.29) is 35.9 Å². The highest BCUT2D eigenvalue weighted by molar-refractivity contribution is 7.14. The maximum absolute atomic E-state index is 12.8. The Morgan fingerprint density at radius 3 is 2.58 bits per heavy atom. The Morgan fingerprint density at radius 1 is 1.15 bits per heavy atom. The minimum atomic E-state index is -0.514. The zero-order valence-electron chi connectivity index (χ0n) is 19.0. The second-order valence-corrected chi connectivity index (χ2v) is 10.7. The van der Waals surface area contributed by atoms with Crippen LogP contribution in [0, 0.1) is 11.3 Å². The van der Waals surface area contributed by atoms with Crippen LogP contribution in [0.1, 0.15) is 63.2 Å². The van der Waals surface area contributed by atoms with Crippen molar-refractivity contribution in [2.75, 3.05) is 6.54 Å². The summed E-state index contributed by atoms with van der Waals surface area (Å²) < 4.78 is 0. The van der Waals surface area contributed by atoms with Gasteiger partial charge in [0.15, 0.2) is 0 Å². The molecule has 1 fully saturated rings. The van der Waals surface area contributed by atoms with Crippen LogP contribution < -0.4 is 16.2 Å². The molecule has 2 aliphatic rings. The van der Waals surface area contributed by atoms with E-state index < -0.39 is 11.9 Å². The van der Waals surface area contributed by atoms with Crippen molar-refractivity contribution in [1.29, 1.82) is 0 Å². The number of hydrazine groups is 1. The van der Waals surface area contributed by atoms with Gasteiger partial charge in [0.25, 0.3) is 11.8 Å². The van der Waals surface area contributed by atoms with Gasteiger partial charge in [0.05, 0.1) is 18.0 Å². The van der Waals surface area contributed by atoms with E-state index in [9.17, 15) is 19.2 Å². The van der Waals surface area contributed by atoms with E-state index in [0.29, 0.717) is 16.4 Å². The van der Waals surface area contributed by atoms with Crippen LogP contribution in [0.4, 0.5) is 4.79 Å². The number of aryl methyl sites for hydroxylation is 1. The molecule has 1 aromatic carbocycles.